The summed E-state index contributed by atoms with van der Waals surface area (Å²) in [6.45, 7) is 4.59. The fourth-order valence-corrected chi connectivity index (χ4v) is 7.68. The monoisotopic (exact) mass is 644 g/mol. The number of anilines is 1. The van der Waals surface area contributed by atoms with Gasteiger partial charge in [-0.3, -0.25) is 14.6 Å². The first-order chi connectivity index (χ1) is 22.8. The molecule has 0 saturated carbocycles. The van der Waals surface area contributed by atoms with Crippen LogP contribution in [-0.4, -0.2) is 66.7 Å². The fourth-order valence-electron chi connectivity index (χ4n) is 7.68. The molecule has 0 bridgehead atoms. The normalized spacial score (nSPS) is 20.1. The second-order valence-electron chi connectivity index (χ2n) is 12.6. The quantitative estimate of drug-likeness (QED) is 0.209. The molecule has 2 saturated heterocycles. The lowest BCUT2D eigenvalue weighted by atomic mass is 9.96. The maximum absolute atomic E-state index is 15.2. The highest BCUT2D eigenvalue weighted by Gasteiger charge is 2.43. The number of hydrogen-bond acceptors (Lipinski definition) is 5. The van der Waals surface area contributed by atoms with Gasteiger partial charge in [0.15, 0.2) is 0 Å². The Bertz CT molecular complexity index is 1760. The number of hydrogen-bond donors (Lipinski definition) is 0. The third-order valence-electron chi connectivity index (χ3n) is 9.86. The molecule has 7 nitrogen and oxygen atoms in total. The van der Waals surface area contributed by atoms with E-state index in [0.29, 0.717) is 6.54 Å². The van der Waals surface area contributed by atoms with Crippen molar-refractivity contribution in [1.82, 2.24) is 14.4 Å². The number of likely N-dealkylation sites (tertiary alicyclic amines) is 2. The third-order valence-corrected chi connectivity index (χ3v) is 9.86. The zero-order valence-corrected chi connectivity index (χ0v) is 26.7. The van der Waals surface area contributed by atoms with Gasteiger partial charge in [0.1, 0.15) is 17.7 Å². The smallest absolute Gasteiger partial charge is 0.417 e. The van der Waals surface area contributed by atoms with Gasteiger partial charge in [0.25, 0.3) is 5.91 Å². The molecule has 3 aliphatic rings. The van der Waals surface area contributed by atoms with Gasteiger partial charge in [0, 0.05) is 37.4 Å². The molecule has 0 N–H and O–H groups in total. The summed E-state index contributed by atoms with van der Waals surface area (Å²) in [5.41, 5.74) is 2.38. The minimum Gasteiger partial charge on any atom is -0.496 e. The number of halogens is 3. The number of aromatic nitrogens is 1. The van der Waals surface area contributed by atoms with Gasteiger partial charge in [-0.15, -0.1) is 0 Å². The van der Waals surface area contributed by atoms with Crippen molar-refractivity contribution in [2.45, 2.75) is 50.6 Å². The van der Waals surface area contributed by atoms with Crippen LogP contribution >= 0.6 is 0 Å². The Kier molecular flexibility index (Phi) is 8.48. The van der Waals surface area contributed by atoms with E-state index in [4.69, 9.17) is 9.47 Å². The topological polar surface area (TPSA) is 50.2 Å². The van der Waals surface area contributed by atoms with Gasteiger partial charge in [-0.1, -0.05) is 36.4 Å². The highest BCUT2D eigenvalue weighted by atomic mass is 19.4. The summed E-state index contributed by atoms with van der Waals surface area (Å²) in [6.07, 6.45) is 1.57. The lowest BCUT2D eigenvalue weighted by Gasteiger charge is -2.41. The fraction of sp³-hybridized carbons (Fsp3) is 0.378. The maximum Gasteiger partial charge on any atom is 0.417 e. The summed E-state index contributed by atoms with van der Waals surface area (Å²) in [5.74, 6) is 0.0189. The molecule has 47 heavy (non-hydrogen) atoms. The van der Waals surface area contributed by atoms with E-state index in [9.17, 15) is 13.2 Å². The average molecular weight is 645 g/mol. The van der Waals surface area contributed by atoms with Crippen LogP contribution in [-0.2, 0) is 12.7 Å². The number of fused-ring (bicyclic) bond motifs is 2. The van der Waals surface area contributed by atoms with Gasteiger partial charge in [-0.05, 0) is 86.3 Å². The Balaban J connectivity index is 1.37. The molecule has 1 amide bonds. The van der Waals surface area contributed by atoms with E-state index in [1.807, 2.05) is 35.2 Å². The van der Waals surface area contributed by atoms with Gasteiger partial charge in [-0.25, -0.2) is 0 Å². The van der Waals surface area contributed by atoms with Crippen molar-refractivity contribution in [1.29, 1.82) is 0 Å². The number of carbonyl (C=O) groups excluding carboxylic acids is 1. The molecule has 246 valence electrons. The molecule has 3 aliphatic heterocycles. The number of carbonyl (C=O) groups is 1. The highest BCUT2D eigenvalue weighted by molar-refractivity contribution is 6.09. The Morgan fingerprint density at radius 1 is 0.851 bits per heavy atom. The molecule has 2 atom stereocenters. The molecule has 0 aliphatic carbocycles. The van der Waals surface area contributed by atoms with E-state index < -0.39 is 17.9 Å². The SMILES string of the molecule is COc1cc(-c2ccccc2C(F)(F)F)c(OC)cc1C(=O)N1c2ccccc2Cn2cccc2C1N1CCC[C@H]1CN1CCCC1. The predicted octanol–water partition coefficient (Wildman–Crippen LogP) is 7.46. The molecule has 4 heterocycles. The number of para-hydroxylation sites is 1. The van der Waals surface area contributed by atoms with Crippen molar-refractivity contribution in [3.63, 3.8) is 0 Å². The summed E-state index contributed by atoms with van der Waals surface area (Å²) in [7, 11) is 2.84. The largest absolute Gasteiger partial charge is 0.496 e. The van der Waals surface area contributed by atoms with Gasteiger partial charge in [-0.2, -0.15) is 13.2 Å². The number of ether oxygens (including phenoxy) is 2. The van der Waals surface area contributed by atoms with E-state index in [-0.39, 0.29) is 40.1 Å². The number of nitrogens with zero attached hydrogens (tertiary/aromatic N) is 4. The lowest BCUT2D eigenvalue weighted by Crippen LogP contribution is -2.49. The van der Waals surface area contributed by atoms with Crippen LogP contribution in [0, 0.1) is 0 Å². The summed E-state index contributed by atoms with van der Waals surface area (Å²) in [5, 5.41) is 0. The standard InChI is InChI=1S/C37H39F3N4O3/c1-46-33-22-29(34(47-2)21-28(33)27-13-4-5-14-30(27)37(38,39)40)36(45)44-31-15-6-3-11-25(31)23-42-19-10-16-32(42)35(44)43-20-9-12-26(43)24-41-17-7-8-18-41/h3-6,10-11,13-16,19,21-22,26,35H,7-9,12,17-18,20,23-24H2,1-2H3/t26-,35?/m0/s1. The van der Waals surface area contributed by atoms with Crippen LogP contribution in [0.5, 0.6) is 11.5 Å². The number of methoxy groups -OCH3 is 2. The number of alkyl halides is 3. The lowest BCUT2D eigenvalue weighted by molar-refractivity contribution is -0.137. The van der Waals surface area contributed by atoms with Crippen LogP contribution in [0.1, 0.15) is 59.0 Å². The van der Waals surface area contributed by atoms with Crippen LogP contribution in [0.25, 0.3) is 11.1 Å². The minimum absolute atomic E-state index is 0.0493. The van der Waals surface area contributed by atoms with E-state index >= 15 is 4.79 Å². The molecular weight excluding hydrogens is 605 g/mol. The maximum atomic E-state index is 15.2. The molecule has 1 unspecified atom stereocenters. The van der Waals surface area contributed by atoms with Crippen LogP contribution in [0.4, 0.5) is 18.9 Å². The van der Waals surface area contributed by atoms with Crippen molar-refractivity contribution in [2.24, 2.45) is 0 Å². The second-order valence-corrected chi connectivity index (χ2v) is 12.6. The molecular formula is C37H39F3N4O3. The first kappa shape index (κ1) is 31.3. The van der Waals surface area contributed by atoms with Crippen molar-refractivity contribution >= 4 is 11.6 Å². The van der Waals surface area contributed by atoms with Crippen molar-refractivity contribution in [3.05, 3.63) is 101 Å². The van der Waals surface area contributed by atoms with Gasteiger partial charge in [0.05, 0.1) is 36.7 Å². The Hall–Kier alpha value is -4.28. The molecule has 0 spiro atoms. The van der Waals surface area contributed by atoms with Crippen molar-refractivity contribution in [2.75, 3.05) is 45.3 Å². The predicted molar refractivity (Wildman–Crippen MR) is 175 cm³/mol. The Morgan fingerprint density at radius 2 is 1.60 bits per heavy atom. The van der Waals surface area contributed by atoms with E-state index in [2.05, 4.69) is 26.6 Å². The molecule has 2 fully saturated rings. The minimum atomic E-state index is -4.58. The van der Waals surface area contributed by atoms with Gasteiger partial charge < -0.3 is 18.9 Å². The molecule has 1 aromatic heterocycles. The van der Waals surface area contributed by atoms with Crippen LogP contribution in [0.3, 0.4) is 0 Å². The zero-order valence-electron chi connectivity index (χ0n) is 26.7. The molecule has 10 heteroatoms. The molecule has 4 aromatic rings. The van der Waals surface area contributed by atoms with E-state index in [0.717, 1.165) is 62.0 Å². The first-order valence-electron chi connectivity index (χ1n) is 16.3. The zero-order chi connectivity index (χ0) is 32.7. The van der Waals surface area contributed by atoms with Gasteiger partial charge >= 0.3 is 6.18 Å². The third kappa shape index (κ3) is 5.78. The molecule has 0 radical (unpaired) electrons. The Labute approximate surface area is 273 Å². The molecule has 3 aromatic carbocycles. The summed E-state index contributed by atoms with van der Waals surface area (Å²) >= 11 is 0. The summed E-state index contributed by atoms with van der Waals surface area (Å²) in [6, 6.07) is 20.7. The highest BCUT2D eigenvalue weighted by Crippen LogP contribution is 2.45. The number of rotatable bonds is 7. The molecule has 7 rings (SSSR count). The van der Waals surface area contributed by atoms with Crippen molar-refractivity contribution < 1.29 is 27.4 Å². The van der Waals surface area contributed by atoms with Crippen LogP contribution in [0.15, 0.2) is 79.0 Å². The second kappa shape index (κ2) is 12.7. The number of amides is 1. The summed E-state index contributed by atoms with van der Waals surface area (Å²) < 4.78 is 55.9. The summed E-state index contributed by atoms with van der Waals surface area (Å²) in [4.78, 5) is 22.0. The van der Waals surface area contributed by atoms with Crippen molar-refractivity contribution in [3.8, 4) is 22.6 Å². The van der Waals surface area contributed by atoms with Gasteiger partial charge in [0.2, 0.25) is 0 Å². The Morgan fingerprint density at radius 3 is 2.36 bits per heavy atom. The average Bonchev–Trinajstić information content (AvgIpc) is 3.85. The van der Waals surface area contributed by atoms with E-state index in [1.165, 1.54) is 51.3 Å². The van der Waals surface area contributed by atoms with Crippen LogP contribution < -0.4 is 14.4 Å². The first-order valence-corrected chi connectivity index (χ1v) is 16.3. The van der Waals surface area contributed by atoms with Crippen LogP contribution in [0.2, 0.25) is 0 Å². The van der Waals surface area contributed by atoms with E-state index in [1.54, 1.807) is 6.07 Å². The number of benzene rings is 3.